The lowest BCUT2D eigenvalue weighted by Gasteiger charge is -2.11. The van der Waals surface area contributed by atoms with E-state index in [4.69, 9.17) is 5.73 Å². The summed E-state index contributed by atoms with van der Waals surface area (Å²) in [4.78, 5) is 11.0. The van der Waals surface area contributed by atoms with Crippen LogP contribution in [0.1, 0.15) is 21.5 Å². The highest BCUT2D eigenvalue weighted by Gasteiger charge is 2.13. The van der Waals surface area contributed by atoms with E-state index >= 15 is 0 Å². The van der Waals surface area contributed by atoms with Gasteiger partial charge in [-0.1, -0.05) is 18.2 Å². The number of amides is 1. The third kappa shape index (κ3) is 2.45. The van der Waals surface area contributed by atoms with Gasteiger partial charge in [-0.2, -0.15) is 0 Å². The van der Waals surface area contributed by atoms with Crippen LogP contribution in [0.2, 0.25) is 0 Å². The molecule has 2 aromatic rings. The number of primary amides is 1. The van der Waals surface area contributed by atoms with E-state index in [1.54, 1.807) is 12.1 Å². The maximum Gasteiger partial charge on any atom is 0.248 e. The van der Waals surface area contributed by atoms with Gasteiger partial charge in [0.1, 0.15) is 0 Å². The van der Waals surface area contributed by atoms with Gasteiger partial charge in [0.15, 0.2) is 0 Å². The van der Waals surface area contributed by atoms with E-state index in [0.717, 1.165) is 25.2 Å². The number of hydrogen-bond acceptors (Lipinski definition) is 3. The minimum absolute atomic E-state index is 0.401. The van der Waals surface area contributed by atoms with Crippen molar-refractivity contribution in [1.82, 2.24) is 0 Å². The molecule has 20 heavy (non-hydrogen) atoms. The van der Waals surface area contributed by atoms with Gasteiger partial charge in [-0.25, -0.2) is 0 Å². The lowest BCUT2D eigenvalue weighted by molar-refractivity contribution is 0.100. The molecule has 102 valence electrons. The number of benzene rings is 2. The van der Waals surface area contributed by atoms with E-state index in [1.165, 1.54) is 16.8 Å². The lowest BCUT2D eigenvalue weighted by Crippen LogP contribution is -2.10. The van der Waals surface area contributed by atoms with Crippen LogP contribution < -0.4 is 16.4 Å². The maximum absolute atomic E-state index is 11.0. The van der Waals surface area contributed by atoms with Crippen molar-refractivity contribution >= 4 is 17.3 Å². The number of rotatable bonds is 4. The Morgan fingerprint density at radius 2 is 2.00 bits per heavy atom. The minimum atomic E-state index is -0.401. The molecule has 0 fully saturated rings. The second-order valence-electron chi connectivity index (χ2n) is 4.92. The van der Waals surface area contributed by atoms with Crippen molar-refractivity contribution in [3.63, 3.8) is 0 Å². The van der Waals surface area contributed by atoms with Gasteiger partial charge in [-0.3, -0.25) is 4.79 Å². The highest BCUT2D eigenvalue weighted by Crippen LogP contribution is 2.27. The van der Waals surface area contributed by atoms with Crippen LogP contribution in [0.5, 0.6) is 0 Å². The van der Waals surface area contributed by atoms with Crippen molar-refractivity contribution in [3.8, 4) is 0 Å². The van der Waals surface area contributed by atoms with E-state index in [-0.39, 0.29) is 0 Å². The van der Waals surface area contributed by atoms with Gasteiger partial charge < -0.3 is 16.4 Å². The van der Waals surface area contributed by atoms with Crippen molar-refractivity contribution in [1.29, 1.82) is 0 Å². The first-order valence-electron chi connectivity index (χ1n) is 6.72. The molecule has 0 saturated carbocycles. The van der Waals surface area contributed by atoms with Crippen LogP contribution in [0, 0.1) is 0 Å². The summed E-state index contributed by atoms with van der Waals surface area (Å²) >= 11 is 0. The molecule has 0 unspecified atom stereocenters. The maximum atomic E-state index is 11.0. The predicted octanol–water partition coefficient (Wildman–Crippen LogP) is 2.37. The molecule has 1 aliphatic heterocycles. The zero-order valence-corrected chi connectivity index (χ0v) is 11.1. The summed E-state index contributed by atoms with van der Waals surface area (Å²) in [5, 5.41) is 6.79. The second kappa shape index (κ2) is 5.25. The molecule has 0 bridgehead atoms. The largest absolute Gasteiger partial charge is 0.384 e. The number of nitrogens with one attached hydrogen (secondary N) is 2. The van der Waals surface area contributed by atoms with Crippen molar-refractivity contribution in [3.05, 3.63) is 59.2 Å². The monoisotopic (exact) mass is 267 g/mol. The molecule has 4 N–H and O–H groups in total. The Balaban J connectivity index is 1.71. The summed E-state index contributed by atoms with van der Waals surface area (Å²) in [6, 6.07) is 13.6. The standard InChI is InChI=1S/C16H17N3O/c17-16(20)12-4-6-14(7-5-12)19-10-13-3-1-2-11-8-9-18-15(11)13/h1-7,18-19H,8-10H2,(H2,17,20). The first-order valence-corrected chi connectivity index (χ1v) is 6.72. The third-order valence-corrected chi connectivity index (χ3v) is 3.59. The SMILES string of the molecule is NC(=O)c1ccc(NCc2cccc3c2NCC3)cc1. The molecule has 0 aliphatic carbocycles. The van der Waals surface area contributed by atoms with Crippen molar-refractivity contribution in [2.24, 2.45) is 5.73 Å². The fourth-order valence-electron chi connectivity index (χ4n) is 2.51. The summed E-state index contributed by atoms with van der Waals surface area (Å²) in [6.45, 7) is 1.77. The molecule has 0 saturated heterocycles. The normalized spacial score (nSPS) is 12.6. The second-order valence-corrected chi connectivity index (χ2v) is 4.92. The quantitative estimate of drug-likeness (QED) is 0.796. The number of hydrogen-bond donors (Lipinski definition) is 3. The first kappa shape index (κ1) is 12.5. The zero-order valence-electron chi connectivity index (χ0n) is 11.1. The Morgan fingerprint density at radius 3 is 2.75 bits per heavy atom. The zero-order chi connectivity index (χ0) is 13.9. The Bertz CT molecular complexity index is 635. The highest BCUT2D eigenvalue weighted by molar-refractivity contribution is 5.93. The third-order valence-electron chi connectivity index (χ3n) is 3.59. The van der Waals surface area contributed by atoms with Crippen LogP contribution in [0.4, 0.5) is 11.4 Å². The average molecular weight is 267 g/mol. The smallest absolute Gasteiger partial charge is 0.248 e. The topological polar surface area (TPSA) is 67.2 Å². The van der Waals surface area contributed by atoms with Crippen LogP contribution in [0.3, 0.4) is 0 Å². The van der Waals surface area contributed by atoms with Crippen molar-refractivity contribution in [2.45, 2.75) is 13.0 Å². The van der Waals surface area contributed by atoms with Crippen molar-refractivity contribution in [2.75, 3.05) is 17.2 Å². The van der Waals surface area contributed by atoms with Gasteiger partial charge in [0.05, 0.1) is 0 Å². The molecule has 0 aromatic heterocycles. The van der Waals surface area contributed by atoms with E-state index < -0.39 is 5.91 Å². The molecule has 0 radical (unpaired) electrons. The molecular formula is C16H17N3O. The number of anilines is 2. The Kier molecular flexibility index (Phi) is 3.29. The molecule has 2 aromatic carbocycles. The lowest BCUT2D eigenvalue weighted by atomic mass is 10.1. The Labute approximate surface area is 118 Å². The Morgan fingerprint density at radius 1 is 1.20 bits per heavy atom. The number of nitrogens with two attached hydrogens (primary N) is 1. The molecule has 1 aliphatic rings. The summed E-state index contributed by atoms with van der Waals surface area (Å²) in [5.74, 6) is -0.401. The molecule has 1 heterocycles. The highest BCUT2D eigenvalue weighted by atomic mass is 16.1. The first-order chi connectivity index (χ1) is 9.74. The average Bonchev–Trinajstić information content (AvgIpc) is 2.94. The van der Waals surface area contributed by atoms with Gasteiger partial charge in [-0.15, -0.1) is 0 Å². The van der Waals surface area contributed by atoms with Crippen molar-refractivity contribution < 1.29 is 4.79 Å². The summed E-state index contributed by atoms with van der Waals surface area (Å²) in [6.07, 6.45) is 1.09. The fourth-order valence-corrected chi connectivity index (χ4v) is 2.51. The van der Waals surface area contributed by atoms with E-state index in [9.17, 15) is 4.79 Å². The molecule has 4 heteroatoms. The summed E-state index contributed by atoms with van der Waals surface area (Å²) in [7, 11) is 0. The predicted molar refractivity (Wildman–Crippen MR) is 80.9 cm³/mol. The van der Waals surface area contributed by atoms with Crippen LogP contribution >= 0.6 is 0 Å². The van der Waals surface area contributed by atoms with Gasteiger partial charge in [0.2, 0.25) is 5.91 Å². The number of carbonyl (C=O) groups excluding carboxylic acids is 1. The van der Waals surface area contributed by atoms with Gasteiger partial charge in [0.25, 0.3) is 0 Å². The van der Waals surface area contributed by atoms with Crippen LogP contribution in [0.25, 0.3) is 0 Å². The number of para-hydroxylation sites is 1. The van der Waals surface area contributed by atoms with Gasteiger partial charge >= 0.3 is 0 Å². The van der Waals surface area contributed by atoms with Crippen LogP contribution in [0.15, 0.2) is 42.5 Å². The van der Waals surface area contributed by atoms with E-state index in [2.05, 4.69) is 28.8 Å². The van der Waals surface area contributed by atoms with Crippen LogP contribution in [-0.2, 0) is 13.0 Å². The fraction of sp³-hybridized carbons (Fsp3) is 0.188. The Hall–Kier alpha value is -2.49. The van der Waals surface area contributed by atoms with Gasteiger partial charge in [0, 0.05) is 30.0 Å². The molecule has 4 nitrogen and oxygen atoms in total. The number of carbonyl (C=O) groups is 1. The molecule has 1 amide bonds. The van der Waals surface area contributed by atoms with Crippen LogP contribution in [-0.4, -0.2) is 12.5 Å². The van der Waals surface area contributed by atoms with E-state index in [0.29, 0.717) is 5.56 Å². The summed E-state index contributed by atoms with van der Waals surface area (Å²) < 4.78 is 0. The van der Waals surface area contributed by atoms with Gasteiger partial charge in [-0.05, 0) is 41.8 Å². The van der Waals surface area contributed by atoms with E-state index in [1.807, 2.05) is 12.1 Å². The molecule has 0 atom stereocenters. The molecule has 3 rings (SSSR count). The minimum Gasteiger partial charge on any atom is -0.384 e. The molecule has 0 spiro atoms. The summed E-state index contributed by atoms with van der Waals surface area (Å²) in [5.41, 5.74) is 10.6. The number of fused-ring (bicyclic) bond motifs is 1. The molecular weight excluding hydrogens is 250 g/mol.